The zero-order chi connectivity index (χ0) is 12.8. The lowest BCUT2D eigenvalue weighted by Crippen LogP contribution is -2.16. The molecule has 0 atom stereocenters. The van der Waals surface area contributed by atoms with Crippen LogP contribution >= 0.6 is 0 Å². The number of carbonyl (C=O) groups excluding carboxylic acids is 1. The lowest BCUT2D eigenvalue weighted by atomic mass is 10.2. The molecule has 1 aromatic carbocycles. The number of Topliss-reactive ketones (excluding diaryl/α,β-unsaturated/α-hetero) is 1. The van der Waals surface area contributed by atoms with Gasteiger partial charge in [-0.1, -0.05) is 0 Å². The average molecular weight is 239 g/mol. The molecular formula is C11H13NO5. The molecule has 0 aromatic heterocycles. The first-order valence-corrected chi connectivity index (χ1v) is 4.93. The minimum atomic E-state index is -0.479. The first kappa shape index (κ1) is 13.1. The Balaban J connectivity index is 2.66. The number of carbonyl (C=O) groups is 1. The highest BCUT2D eigenvalue weighted by Crippen LogP contribution is 2.23. The Morgan fingerprint density at radius 1 is 1.41 bits per heavy atom. The van der Waals surface area contributed by atoms with Gasteiger partial charge in [0.1, 0.15) is 19.0 Å². The molecule has 0 N–H and O–H groups in total. The van der Waals surface area contributed by atoms with Crippen molar-refractivity contribution < 1.29 is 19.2 Å². The fourth-order valence-corrected chi connectivity index (χ4v) is 1.27. The molecule has 1 rings (SSSR count). The minimum Gasteiger partial charge on any atom is -0.485 e. The number of ether oxygens (including phenoxy) is 2. The fraction of sp³-hybridized carbons (Fsp3) is 0.364. The fourth-order valence-electron chi connectivity index (χ4n) is 1.27. The number of benzene rings is 1. The largest absolute Gasteiger partial charge is 0.485 e. The molecule has 92 valence electrons. The van der Waals surface area contributed by atoms with Gasteiger partial charge < -0.3 is 9.47 Å². The number of nitrogens with zero attached hydrogens (tertiary/aromatic N) is 1. The molecule has 1 aromatic rings. The number of methoxy groups -OCH3 is 1. The van der Waals surface area contributed by atoms with Gasteiger partial charge in [-0.3, -0.25) is 14.9 Å². The van der Waals surface area contributed by atoms with E-state index in [9.17, 15) is 14.9 Å². The van der Waals surface area contributed by atoms with E-state index in [1.54, 1.807) is 6.92 Å². The van der Waals surface area contributed by atoms with Crippen molar-refractivity contribution in [3.8, 4) is 5.75 Å². The normalized spacial score (nSPS) is 10.0. The first-order valence-electron chi connectivity index (χ1n) is 4.93. The first-order chi connectivity index (χ1) is 8.04. The van der Waals surface area contributed by atoms with E-state index in [1.165, 1.54) is 25.3 Å². The molecule has 0 aliphatic heterocycles. The maximum absolute atomic E-state index is 11.1. The molecule has 0 saturated heterocycles. The maximum Gasteiger partial charge on any atom is 0.269 e. The number of hydrogen-bond acceptors (Lipinski definition) is 5. The molecule has 17 heavy (non-hydrogen) atoms. The second-order valence-corrected chi connectivity index (χ2v) is 3.47. The van der Waals surface area contributed by atoms with Crippen molar-refractivity contribution in [3.05, 3.63) is 33.9 Å². The van der Waals surface area contributed by atoms with Gasteiger partial charge in [-0.25, -0.2) is 0 Å². The number of ketones is 1. The van der Waals surface area contributed by atoms with Crippen molar-refractivity contribution in [2.75, 3.05) is 20.3 Å². The van der Waals surface area contributed by atoms with Crippen LogP contribution in [0.4, 0.5) is 5.69 Å². The van der Waals surface area contributed by atoms with Crippen molar-refractivity contribution in [3.63, 3.8) is 0 Å². The molecule has 6 nitrogen and oxygen atoms in total. The van der Waals surface area contributed by atoms with Crippen LogP contribution in [0.3, 0.4) is 0 Å². The number of hydrogen-bond donors (Lipinski definition) is 0. The number of nitro groups is 1. The van der Waals surface area contributed by atoms with E-state index < -0.39 is 4.92 Å². The lowest BCUT2D eigenvalue weighted by molar-refractivity contribution is -0.384. The Labute approximate surface area is 98.3 Å². The predicted molar refractivity (Wildman–Crippen MR) is 60.2 cm³/mol. The van der Waals surface area contributed by atoms with Crippen LogP contribution in [0.2, 0.25) is 0 Å². The second-order valence-electron chi connectivity index (χ2n) is 3.47. The molecule has 0 unspecified atom stereocenters. The lowest BCUT2D eigenvalue weighted by Gasteiger charge is -2.07. The Morgan fingerprint density at radius 2 is 2.12 bits per heavy atom. The molecule has 0 aliphatic carbocycles. The molecule has 0 aliphatic rings. The summed E-state index contributed by atoms with van der Waals surface area (Å²) in [5, 5.41) is 10.5. The summed E-state index contributed by atoms with van der Waals surface area (Å²) in [6.07, 6.45) is 0. The molecular weight excluding hydrogens is 226 g/mol. The third-order valence-corrected chi connectivity index (χ3v) is 2.06. The van der Waals surface area contributed by atoms with Gasteiger partial charge in [-0.05, 0) is 18.6 Å². The highest BCUT2D eigenvalue weighted by Gasteiger charge is 2.10. The van der Waals surface area contributed by atoms with Gasteiger partial charge >= 0.3 is 0 Å². The number of non-ortho nitro benzene ring substituents is 1. The molecule has 0 fully saturated rings. The van der Waals surface area contributed by atoms with Crippen LogP contribution in [0, 0.1) is 17.0 Å². The SMILES string of the molecule is COCC(=O)COc1ccc([N+](=O)[O-])cc1C. The van der Waals surface area contributed by atoms with E-state index in [0.29, 0.717) is 11.3 Å². The van der Waals surface area contributed by atoms with E-state index in [-0.39, 0.29) is 24.7 Å². The van der Waals surface area contributed by atoms with Gasteiger partial charge in [-0.15, -0.1) is 0 Å². The molecule has 0 bridgehead atoms. The van der Waals surface area contributed by atoms with Crippen molar-refractivity contribution in [2.24, 2.45) is 0 Å². The minimum absolute atomic E-state index is 0.00179. The molecule has 0 spiro atoms. The van der Waals surface area contributed by atoms with E-state index >= 15 is 0 Å². The third-order valence-electron chi connectivity index (χ3n) is 2.06. The molecule has 0 radical (unpaired) electrons. The number of nitro benzene ring substituents is 1. The predicted octanol–water partition coefficient (Wildman–Crippen LogP) is 1.50. The summed E-state index contributed by atoms with van der Waals surface area (Å²) in [4.78, 5) is 21.2. The Kier molecular flexibility index (Phi) is 4.59. The topological polar surface area (TPSA) is 78.7 Å². The zero-order valence-electron chi connectivity index (χ0n) is 9.63. The molecule has 6 heteroatoms. The Bertz CT molecular complexity index is 430. The zero-order valence-corrected chi connectivity index (χ0v) is 9.63. The van der Waals surface area contributed by atoms with Gasteiger partial charge in [0.15, 0.2) is 5.78 Å². The van der Waals surface area contributed by atoms with Crippen LogP contribution in [-0.4, -0.2) is 31.0 Å². The number of aryl methyl sites for hydroxylation is 1. The van der Waals surface area contributed by atoms with Crippen LogP contribution in [0.25, 0.3) is 0 Å². The van der Waals surface area contributed by atoms with Crippen molar-refractivity contribution in [1.29, 1.82) is 0 Å². The highest BCUT2D eigenvalue weighted by molar-refractivity contribution is 5.81. The van der Waals surface area contributed by atoms with Crippen LogP contribution in [0.15, 0.2) is 18.2 Å². The van der Waals surface area contributed by atoms with Crippen molar-refractivity contribution >= 4 is 11.5 Å². The van der Waals surface area contributed by atoms with Gasteiger partial charge in [0.25, 0.3) is 5.69 Å². The smallest absolute Gasteiger partial charge is 0.269 e. The summed E-state index contributed by atoms with van der Waals surface area (Å²) in [5.74, 6) is 0.269. The van der Waals surface area contributed by atoms with E-state index in [2.05, 4.69) is 4.74 Å². The van der Waals surface area contributed by atoms with E-state index in [4.69, 9.17) is 4.74 Å². The summed E-state index contributed by atoms with van der Waals surface area (Å²) >= 11 is 0. The van der Waals surface area contributed by atoms with Gasteiger partial charge in [-0.2, -0.15) is 0 Å². The number of rotatable bonds is 6. The molecule has 0 heterocycles. The quantitative estimate of drug-likeness (QED) is 0.555. The Morgan fingerprint density at radius 3 is 2.65 bits per heavy atom. The molecule has 0 amide bonds. The Hall–Kier alpha value is -1.95. The van der Waals surface area contributed by atoms with Crippen molar-refractivity contribution in [2.45, 2.75) is 6.92 Å². The van der Waals surface area contributed by atoms with E-state index in [0.717, 1.165) is 0 Å². The van der Waals surface area contributed by atoms with Gasteiger partial charge in [0.05, 0.1) is 4.92 Å². The van der Waals surface area contributed by atoms with Crippen molar-refractivity contribution in [1.82, 2.24) is 0 Å². The van der Waals surface area contributed by atoms with E-state index in [1.807, 2.05) is 0 Å². The summed E-state index contributed by atoms with van der Waals surface area (Å²) in [7, 11) is 1.43. The summed E-state index contributed by atoms with van der Waals surface area (Å²) in [6.45, 7) is 1.57. The average Bonchev–Trinajstić information content (AvgIpc) is 2.27. The maximum atomic E-state index is 11.1. The summed E-state index contributed by atoms with van der Waals surface area (Å²) in [5.41, 5.74) is 0.613. The summed E-state index contributed by atoms with van der Waals surface area (Å²) in [6, 6.07) is 4.22. The molecule has 0 saturated carbocycles. The van der Waals surface area contributed by atoms with Gasteiger partial charge in [0, 0.05) is 19.2 Å². The van der Waals surface area contributed by atoms with Crippen LogP contribution in [0.1, 0.15) is 5.56 Å². The van der Waals surface area contributed by atoms with Crippen LogP contribution < -0.4 is 4.74 Å². The second kappa shape index (κ2) is 5.95. The van der Waals surface area contributed by atoms with Crippen LogP contribution in [-0.2, 0) is 9.53 Å². The van der Waals surface area contributed by atoms with Crippen LogP contribution in [0.5, 0.6) is 5.75 Å². The highest BCUT2D eigenvalue weighted by atomic mass is 16.6. The third kappa shape index (κ3) is 3.84. The monoisotopic (exact) mass is 239 g/mol. The standard InChI is InChI=1S/C11H13NO5/c1-8-5-9(12(14)15)3-4-11(8)17-7-10(13)6-16-2/h3-5H,6-7H2,1-2H3. The van der Waals surface area contributed by atoms with Gasteiger partial charge in [0.2, 0.25) is 0 Å². The summed E-state index contributed by atoms with van der Waals surface area (Å²) < 4.78 is 9.89.